The predicted molar refractivity (Wildman–Crippen MR) is 90.0 cm³/mol. The third-order valence-corrected chi connectivity index (χ3v) is 5.62. The van der Waals surface area contributed by atoms with E-state index in [1.165, 1.54) is 24.3 Å². The monoisotopic (exact) mass is 373 g/mol. The molecule has 25 heavy (non-hydrogen) atoms. The molecule has 0 aliphatic rings. The highest BCUT2D eigenvalue weighted by molar-refractivity contribution is 7.54. The minimum atomic E-state index is -3.76. The zero-order chi connectivity index (χ0) is 18.4. The highest BCUT2D eigenvalue weighted by Gasteiger charge is 2.37. The standard InChI is InChI=1S/C17H19F3NO3P/c1-3-23-25(22,24-4-2)17(12-6-5-7-13(18)10-12)21-14-8-9-15(19)16(20)11-14/h5-11,17,21H,3-4H2,1-2H3. The number of rotatable bonds is 8. The van der Waals surface area contributed by atoms with Crippen LogP contribution in [0.15, 0.2) is 42.5 Å². The van der Waals surface area contributed by atoms with Crippen molar-refractivity contribution in [3.8, 4) is 0 Å². The number of hydrogen-bond donors (Lipinski definition) is 1. The Bertz CT molecular complexity index is 763. The van der Waals surface area contributed by atoms with Gasteiger partial charge in [-0.2, -0.15) is 0 Å². The zero-order valence-electron chi connectivity index (χ0n) is 13.8. The van der Waals surface area contributed by atoms with Crippen molar-refractivity contribution in [1.29, 1.82) is 0 Å². The number of hydrogen-bond acceptors (Lipinski definition) is 4. The molecule has 2 rings (SSSR count). The molecule has 0 fully saturated rings. The molecule has 2 aromatic carbocycles. The van der Waals surface area contributed by atoms with Gasteiger partial charge in [-0.1, -0.05) is 12.1 Å². The van der Waals surface area contributed by atoms with Gasteiger partial charge in [-0.15, -0.1) is 0 Å². The van der Waals surface area contributed by atoms with E-state index in [1.807, 2.05) is 0 Å². The van der Waals surface area contributed by atoms with Gasteiger partial charge in [-0.05, 0) is 43.7 Å². The largest absolute Gasteiger partial charge is 0.368 e. The SMILES string of the molecule is CCOP(=O)(OCC)C(Nc1ccc(F)c(F)c1)c1cccc(F)c1. The van der Waals surface area contributed by atoms with Crippen LogP contribution >= 0.6 is 7.60 Å². The van der Waals surface area contributed by atoms with Crippen LogP contribution in [-0.4, -0.2) is 13.2 Å². The fraction of sp³-hybridized carbons (Fsp3) is 0.294. The number of anilines is 1. The third-order valence-electron chi connectivity index (χ3n) is 3.32. The summed E-state index contributed by atoms with van der Waals surface area (Å²) in [6.45, 7) is 3.49. The molecule has 0 bridgehead atoms. The molecule has 0 aliphatic carbocycles. The summed E-state index contributed by atoms with van der Waals surface area (Å²) in [5.41, 5.74) is 0.461. The van der Waals surface area contributed by atoms with Gasteiger partial charge < -0.3 is 14.4 Å². The minimum absolute atomic E-state index is 0.0998. The summed E-state index contributed by atoms with van der Waals surface area (Å²) in [5, 5.41) is 2.81. The van der Waals surface area contributed by atoms with Gasteiger partial charge in [0.05, 0.1) is 13.2 Å². The molecule has 1 N–H and O–H groups in total. The van der Waals surface area contributed by atoms with Gasteiger partial charge in [0.1, 0.15) is 5.82 Å². The van der Waals surface area contributed by atoms with Crippen molar-refractivity contribution in [2.45, 2.75) is 19.6 Å². The Morgan fingerprint density at radius 1 is 1.00 bits per heavy atom. The van der Waals surface area contributed by atoms with Crippen molar-refractivity contribution in [2.24, 2.45) is 0 Å². The molecular formula is C17H19F3NO3P. The maximum Gasteiger partial charge on any atom is 0.357 e. The van der Waals surface area contributed by atoms with Crippen molar-refractivity contribution in [1.82, 2.24) is 0 Å². The number of benzene rings is 2. The van der Waals surface area contributed by atoms with Gasteiger partial charge in [0.2, 0.25) is 0 Å². The molecule has 4 nitrogen and oxygen atoms in total. The topological polar surface area (TPSA) is 47.6 Å². The highest BCUT2D eigenvalue weighted by Crippen LogP contribution is 2.60. The predicted octanol–water partition coefficient (Wildman–Crippen LogP) is 5.48. The highest BCUT2D eigenvalue weighted by atomic mass is 31.2. The van der Waals surface area contributed by atoms with E-state index in [1.54, 1.807) is 19.9 Å². The van der Waals surface area contributed by atoms with Crippen molar-refractivity contribution < 1.29 is 26.8 Å². The Balaban J connectivity index is 2.47. The fourth-order valence-corrected chi connectivity index (χ4v) is 4.24. The van der Waals surface area contributed by atoms with Crippen LogP contribution in [0, 0.1) is 17.5 Å². The first-order chi connectivity index (χ1) is 11.9. The second kappa shape index (κ2) is 8.52. The van der Waals surface area contributed by atoms with Gasteiger partial charge in [0.15, 0.2) is 17.4 Å². The smallest absolute Gasteiger partial charge is 0.357 e. The van der Waals surface area contributed by atoms with Crippen molar-refractivity contribution >= 4 is 13.3 Å². The summed E-state index contributed by atoms with van der Waals surface area (Å²) in [6.07, 6.45) is 0. The summed E-state index contributed by atoms with van der Waals surface area (Å²) in [7, 11) is -3.76. The summed E-state index contributed by atoms with van der Waals surface area (Å²) in [6, 6.07) is 8.56. The lowest BCUT2D eigenvalue weighted by Gasteiger charge is -2.28. The second-order valence-corrected chi connectivity index (χ2v) is 7.22. The van der Waals surface area contributed by atoms with Gasteiger partial charge in [-0.25, -0.2) is 13.2 Å². The van der Waals surface area contributed by atoms with E-state index in [0.717, 1.165) is 12.1 Å². The van der Waals surface area contributed by atoms with E-state index < -0.39 is 30.8 Å². The average Bonchev–Trinajstić information content (AvgIpc) is 2.56. The average molecular weight is 373 g/mol. The summed E-state index contributed by atoms with van der Waals surface area (Å²) < 4.78 is 64.1. The molecule has 0 radical (unpaired) electrons. The molecule has 136 valence electrons. The van der Waals surface area contributed by atoms with Crippen molar-refractivity contribution in [3.05, 3.63) is 65.5 Å². The minimum Gasteiger partial charge on any atom is -0.368 e. The Hall–Kier alpha value is -1.82. The summed E-state index contributed by atoms with van der Waals surface area (Å²) >= 11 is 0. The number of halogens is 3. The van der Waals surface area contributed by atoms with E-state index in [2.05, 4.69) is 5.32 Å². The molecule has 1 unspecified atom stereocenters. The quantitative estimate of drug-likeness (QED) is 0.623. The molecular weight excluding hydrogens is 354 g/mol. The van der Waals surface area contributed by atoms with Crippen molar-refractivity contribution in [2.75, 3.05) is 18.5 Å². The fourth-order valence-electron chi connectivity index (χ4n) is 2.31. The Kier molecular flexibility index (Phi) is 6.64. The molecule has 0 heterocycles. The van der Waals surface area contributed by atoms with Crippen LogP contribution < -0.4 is 5.32 Å². The Labute approximate surface area is 144 Å². The van der Waals surface area contributed by atoms with Crippen LogP contribution in [0.3, 0.4) is 0 Å². The van der Waals surface area contributed by atoms with E-state index in [0.29, 0.717) is 5.56 Å². The normalized spacial score (nSPS) is 12.8. The van der Waals surface area contributed by atoms with Gasteiger partial charge in [-0.3, -0.25) is 4.57 Å². The third kappa shape index (κ3) is 4.84. The summed E-state index contributed by atoms with van der Waals surface area (Å²) in [4.78, 5) is 0. The van der Waals surface area contributed by atoms with E-state index in [9.17, 15) is 17.7 Å². The Morgan fingerprint density at radius 2 is 1.68 bits per heavy atom. The van der Waals surface area contributed by atoms with E-state index >= 15 is 0 Å². The molecule has 0 aliphatic heterocycles. The molecule has 1 atom stereocenters. The lowest BCUT2D eigenvalue weighted by molar-refractivity contribution is 0.214. The first-order valence-electron chi connectivity index (χ1n) is 7.75. The molecule has 0 saturated heterocycles. The van der Waals surface area contributed by atoms with Gasteiger partial charge in [0.25, 0.3) is 0 Å². The molecule has 0 saturated carbocycles. The summed E-state index contributed by atoms with van der Waals surface area (Å²) in [5.74, 6) is -3.70. The first kappa shape index (κ1) is 19.5. The lowest BCUT2D eigenvalue weighted by atomic mass is 10.2. The van der Waals surface area contributed by atoms with E-state index in [4.69, 9.17) is 9.05 Å². The lowest BCUT2D eigenvalue weighted by Crippen LogP contribution is -2.15. The molecule has 8 heteroatoms. The van der Waals surface area contributed by atoms with Crippen LogP contribution in [0.2, 0.25) is 0 Å². The van der Waals surface area contributed by atoms with Crippen LogP contribution in [-0.2, 0) is 13.6 Å². The second-order valence-electron chi connectivity index (χ2n) is 5.11. The van der Waals surface area contributed by atoms with Crippen molar-refractivity contribution in [3.63, 3.8) is 0 Å². The van der Waals surface area contributed by atoms with E-state index in [-0.39, 0.29) is 18.9 Å². The van der Waals surface area contributed by atoms with Crippen LogP contribution in [0.1, 0.15) is 25.2 Å². The van der Waals surface area contributed by atoms with Gasteiger partial charge in [0, 0.05) is 11.8 Å². The van der Waals surface area contributed by atoms with Crippen LogP contribution in [0.25, 0.3) is 0 Å². The number of nitrogens with one attached hydrogen (secondary N) is 1. The van der Waals surface area contributed by atoms with Crippen LogP contribution in [0.5, 0.6) is 0 Å². The van der Waals surface area contributed by atoms with Gasteiger partial charge >= 0.3 is 7.60 Å². The Morgan fingerprint density at radius 3 is 2.24 bits per heavy atom. The molecule has 2 aromatic rings. The zero-order valence-corrected chi connectivity index (χ0v) is 14.7. The molecule has 0 aromatic heterocycles. The molecule has 0 spiro atoms. The maximum atomic E-state index is 13.6. The van der Waals surface area contributed by atoms with Crippen LogP contribution in [0.4, 0.5) is 18.9 Å². The maximum absolute atomic E-state index is 13.6. The first-order valence-corrected chi connectivity index (χ1v) is 9.36. The molecule has 0 amide bonds.